The zero-order chi connectivity index (χ0) is 18.9. The normalized spacial score (nSPS) is 15.0. The maximum Gasteiger partial charge on any atom is 0.307 e. The van der Waals surface area contributed by atoms with Crippen molar-refractivity contribution < 1.29 is 23.8 Å². The number of hydrogen-bond acceptors (Lipinski definition) is 5. The highest BCUT2D eigenvalue weighted by Crippen LogP contribution is 2.27. The van der Waals surface area contributed by atoms with E-state index < -0.39 is 0 Å². The third-order valence-corrected chi connectivity index (χ3v) is 4.91. The monoisotopic (exact) mass is 363 g/mol. The van der Waals surface area contributed by atoms with Crippen LogP contribution < -0.4 is 9.47 Å². The lowest BCUT2D eigenvalue weighted by Gasteiger charge is -2.31. The summed E-state index contributed by atoms with van der Waals surface area (Å²) in [6.45, 7) is 0.357. The molecule has 0 atom stereocenters. The van der Waals surface area contributed by atoms with Gasteiger partial charge in [-0.3, -0.25) is 9.59 Å². The van der Waals surface area contributed by atoms with Crippen molar-refractivity contribution in [2.24, 2.45) is 0 Å². The molecule has 6 nitrogen and oxygen atoms in total. The highest BCUT2D eigenvalue weighted by Gasteiger charge is 2.27. The Kier molecular flexibility index (Phi) is 7.75. The molecule has 1 aliphatic rings. The van der Waals surface area contributed by atoms with E-state index >= 15 is 0 Å². The lowest BCUT2D eigenvalue weighted by atomic mass is 10.0. The number of ether oxygens (including phenoxy) is 3. The molecule has 1 aliphatic carbocycles. The summed E-state index contributed by atoms with van der Waals surface area (Å²) >= 11 is 0. The fraction of sp³-hybridized carbons (Fsp3) is 0.600. The van der Waals surface area contributed by atoms with Crippen LogP contribution in [-0.4, -0.2) is 50.7 Å². The van der Waals surface area contributed by atoms with Crippen LogP contribution in [0.1, 0.15) is 55.3 Å². The van der Waals surface area contributed by atoms with E-state index in [1.807, 2.05) is 4.90 Å². The molecule has 0 saturated heterocycles. The Morgan fingerprint density at radius 2 is 1.54 bits per heavy atom. The number of amides is 1. The number of carbonyl (C=O) groups is 2. The number of carbonyl (C=O) groups excluding carboxylic acids is 2. The van der Waals surface area contributed by atoms with Gasteiger partial charge in [0.25, 0.3) is 5.91 Å². The number of benzene rings is 1. The van der Waals surface area contributed by atoms with E-state index in [4.69, 9.17) is 14.2 Å². The first-order valence-corrected chi connectivity index (χ1v) is 9.20. The Labute approximate surface area is 155 Å². The van der Waals surface area contributed by atoms with E-state index in [9.17, 15) is 9.59 Å². The molecule has 6 heteroatoms. The first kappa shape index (κ1) is 20.1. The second-order valence-electron chi connectivity index (χ2n) is 6.57. The van der Waals surface area contributed by atoms with Crippen molar-refractivity contribution in [3.63, 3.8) is 0 Å². The molecule has 1 fully saturated rings. The summed E-state index contributed by atoms with van der Waals surface area (Å²) in [4.78, 5) is 26.7. The van der Waals surface area contributed by atoms with Gasteiger partial charge >= 0.3 is 5.97 Å². The second-order valence-corrected chi connectivity index (χ2v) is 6.57. The number of nitrogens with zero attached hydrogens (tertiary/aromatic N) is 1. The molecule has 144 valence electrons. The third-order valence-electron chi connectivity index (χ3n) is 4.91. The highest BCUT2D eigenvalue weighted by atomic mass is 16.5. The van der Waals surface area contributed by atoms with Gasteiger partial charge in [0.15, 0.2) is 0 Å². The van der Waals surface area contributed by atoms with Gasteiger partial charge in [-0.15, -0.1) is 0 Å². The Balaban J connectivity index is 2.27. The molecule has 0 radical (unpaired) electrons. The van der Waals surface area contributed by atoms with Gasteiger partial charge in [0.2, 0.25) is 0 Å². The Morgan fingerprint density at radius 1 is 0.962 bits per heavy atom. The van der Waals surface area contributed by atoms with E-state index in [0.717, 1.165) is 25.7 Å². The average Bonchev–Trinajstić information content (AvgIpc) is 2.96. The zero-order valence-electron chi connectivity index (χ0n) is 16.0. The van der Waals surface area contributed by atoms with Crippen LogP contribution in [0.25, 0.3) is 0 Å². The summed E-state index contributed by atoms with van der Waals surface area (Å²) in [5.41, 5.74) is 0.510. The van der Waals surface area contributed by atoms with Gasteiger partial charge in [0, 0.05) is 24.2 Å². The topological polar surface area (TPSA) is 65.1 Å². The summed E-state index contributed by atoms with van der Waals surface area (Å²) in [7, 11) is 4.49. The lowest BCUT2D eigenvalue weighted by Crippen LogP contribution is -2.41. The summed E-state index contributed by atoms with van der Waals surface area (Å²) in [5.74, 6) is 0.737. The van der Waals surface area contributed by atoms with Crippen LogP contribution in [0.4, 0.5) is 0 Å². The molecule has 0 aliphatic heterocycles. The van der Waals surface area contributed by atoms with E-state index in [0.29, 0.717) is 23.6 Å². The summed E-state index contributed by atoms with van der Waals surface area (Å²) in [6.07, 6.45) is 6.73. The van der Waals surface area contributed by atoms with Crippen LogP contribution in [0.3, 0.4) is 0 Å². The van der Waals surface area contributed by atoms with Crippen molar-refractivity contribution in [3.05, 3.63) is 23.8 Å². The molecule has 0 N–H and O–H groups in total. The van der Waals surface area contributed by atoms with Crippen LogP contribution in [0.5, 0.6) is 11.5 Å². The summed E-state index contributed by atoms with van der Waals surface area (Å²) in [5, 5.41) is 0. The van der Waals surface area contributed by atoms with Crippen LogP contribution in [0, 0.1) is 0 Å². The van der Waals surface area contributed by atoms with Crippen LogP contribution in [0.15, 0.2) is 18.2 Å². The molecule has 0 bridgehead atoms. The Bertz CT molecular complexity index is 586. The van der Waals surface area contributed by atoms with Crippen LogP contribution >= 0.6 is 0 Å². The highest BCUT2D eigenvalue weighted by molar-refractivity contribution is 5.95. The predicted molar refractivity (Wildman–Crippen MR) is 98.7 cm³/mol. The molecule has 1 aromatic rings. The zero-order valence-corrected chi connectivity index (χ0v) is 16.0. The molecule has 0 unspecified atom stereocenters. The van der Waals surface area contributed by atoms with Crippen molar-refractivity contribution in [1.29, 1.82) is 0 Å². The van der Waals surface area contributed by atoms with Crippen molar-refractivity contribution in [3.8, 4) is 11.5 Å². The molecule has 0 heterocycles. The Morgan fingerprint density at radius 3 is 2.04 bits per heavy atom. The molecule has 0 aromatic heterocycles. The van der Waals surface area contributed by atoms with E-state index in [1.54, 1.807) is 32.4 Å². The van der Waals surface area contributed by atoms with Crippen LogP contribution in [-0.2, 0) is 9.53 Å². The molecule has 2 rings (SSSR count). The minimum absolute atomic E-state index is 0.0991. The average molecular weight is 363 g/mol. The molecular weight excluding hydrogens is 334 g/mol. The molecule has 0 spiro atoms. The van der Waals surface area contributed by atoms with Crippen molar-refractivity contribution in [2.45, 2.75) is 51.0 Å². The Hall–Kier alpha value is -2.24. The fourth-order valence-corrected chi connectivity index (χ4v) is 3.43. The standard InChI is InChI=1S/C20H29NO5/c1-24-17-12-15(13-18(14-17)25-2)20(23)21(11-10-19(22)26-3)16-8-6-4-5-7-9-16/h12-14,16H,4-11H2,1-3H3. The minimum atomic E-state index is -0.306. The van der Waals surface area contributed by atoms with Gasteiger partial charge in [0.1, 0.15) is 11.5 Å². The van der Waals surface area contributed by atoms with Gasteiger partial charge in [-0.2, -0.15) is 0 Å². The molecule has 1 saturated carbocycles. The van der Waals surface area contributed by atoms with Gasteiger partial charge in [0.05, 0.1) is 27.8 Å². The van der Waals surface area contributed by atoms with E-state index in [2.05, 4.69) is 0 Å². The van der Waals surface area contributed by atoms with Gasteiger partial charge in [-0.25, -0.2) is 0 Å². The quantitative estimate of drug-likeness (QED) is 0.548. The predicted octanol–water partition coefficient (Wildman–Crippen LogP) is 3.43. The maximum absolute atomic E-state index is 13.3. The molecule has 26 heavy (non-hydrogen) atoms. The number of methoxy groups -OCH3 is 3. The first-order valence-electron chi connectivity index (χ1n) is 9.20. The van der Waals surface area contributed by atoms with Crippen molar-refractivity contribution >= 4 is 11.9 Å². The second kappa shape index (κ2) is 10.0. The van der Waals surface area contributed by atoms with E-state index in [1.165, 1.54) is 20.0 Å². The number of esters is 1. The number of rotatable bonds is 7. The molecule has 1 aromatic carbocycles. The van der Waals surface area contributed by atoms with Crippen LogP contribution in [0.2, 0.25) is 0 Å². The summed E-state index contributed by atoms with van der Waals surface area (Å²) in [6, 6.07) is 5.31. The SMILES string of the molecule is COC(=O)CCN(C(=O)c1cc(OC)cc(OC)c1)C1CCCCCC1. The van der Waals surface area contributed by atoms with Gasteiger partial charge in [-0.1, -0.05) is 25.7 Å². The third kappa shape index (κ3) is 5.38. The fourth-order valence-electron chi connectivity index (χ4n) is 3.43. The lowest BCUT2D eigenvalue weighted by molar-refractivity contribution is -0.140. The van der Waals surface area contributed by atoms with Gasteiger partial charge in [-0.05, 0) is 25.0 Å². The minimum Gasteiger partial charge on any atom is -0.497 e. The first-order chi connectivity index (χ1) is 12.6. The van der Waals surface area contributed by atoms with Gasteiger partial charge < -0.3 is 19.1 Å². The van der Waals surface area contributed by atoms with Crippen molar-refractivity contribution in [1.82, 2.24) is 4.90 Å². The number of hydrogen-bond donors (Lipinski definition) is 0. The summed E-state index contributed by atoms with van der Waals surface area (Å²) < 4.78 is 15.3. The maximum atomic E-state index is 13.3. The smallest absolute Gasteiger partial charge is 0.307 e. The van der Waals surface area contributed by atoms with Crippen molar-refractivity contribution in [2.75, 3.05) is 27.9 Å². The largest absolute Gasteiger partial charge is 0.497 e. The molecular formula is C20H29NO5. The van der Waals surface area contributed by atoms with E-state index in [-0.39, 0.29) is 24.3 Å². The molecule has 1 amide bonds.